The number of aromatic nitrogens is 4. The molecule has 7 nitrogen and oxygen atoms in total. The SMILES string of the molecule is Cc1cccc(-c2noc(CN3CCN(c4cc(C)nc(C(C)C)n4)CC3)n2)c1. The molecule has 29 heavy (non-hydrogen) atoms. The van der Waals surface area contributed by atoms with E-state index in [1.807, 2.05) is 19.1 Å². The molecule has 0 spiro atoms. The van der Waals surface area contributed by atoms with Crippen LogP contribution in [-0.4, -0.2) is 51.2 Å². The molecule has 0 radical (unpaired) electrons. The molecule has 152 valence electrons. The second-order valence-corrected chi connectivity index (χ2v) is 8.02. The van der Waals surface area contributed by atoms with Gasteiger partial charge in [-0.25, -0.2) is 9.97 Å². The first-order valence-electron chi connectivity index (χ1n) is 10.2. The average molecular weight is 393 g/mol. The predicted octanol–water partition coefficient (Wildman–Crippen LogP) is 3.59. The summed E-state index contributed by atoms with van der Waals surface area (Å²) in [7, 11) is 0. The highest BCUT2D eigenvalue weighted by Gasteiger charge is 2.21. The summed E-state index contributed by atoms with van der Waals surface area (Å²) < 4.78 is 5.49. The number of piperazine rings is 1. The monoisotopic (exact) mass is 392 g/mol. The van der Waals surface area contributed by atoms with E-state index < -0.39 is 0 Å². The van der Waals surface area contributed by atoms with E-state index in [0.717, 1.165) is 49.1 Å². The normalized spacial score (nSPS) is 15.3. The van der Waals surface area contributed by atoms with Crippen molar-refractivity contribution in [2.24, 2.45) is 0 Å². The van der Waals surface area contributed by atoms with Gasteiger partial charge in [-0.05, 0) is 19.9 Å². The lowest BCUT2D eigenvalue weighted by Crippen LogP contribution is -2.46. The summed E-state index contributed by atoms with van der Waals surface area (Å²) in [5, 5.41) is 4.15. The maximum Gasteiger partial charge on any atom is 0.241 e. The Morgan fingerprint density at radius 1 is 1.00 bits per heavy atom. The smallest absolute Gasteiger partial charge is 0.241 e. The Labute approximate surface area is 171 Å². The first kappa shape index (κ1) is 19.5. The molecule has 1 aliphatic heterocycles. The number of anilines is 1. The van der Waals surface area contributed by atoms with Gasteiger partial charge in [-0.15, -0.1) is 0 Å². The van der Waals surface area contributed by atoms with E-state index in [1.54, 1.807) is 0 Å². The van der Waals surface area contributed by atoms with E-state index in [1.165, 1.54) is 5.56 Å². The first-order chi connectivity index (χ1) is 14.0. The molecular weight excluding hydrogens is 364 g/mol. The summed E-state index contributed by atoms with van der Waals surface area (Å²) >= 11 is 0. The van der Waals surface area contributed by atoms with Crippen molar-refractivity contribution in [1.82, 2.24) is 25.0 Å². The van der Waals surface area contributed by atoms with Crippen LogP contribution in [0.5, 0.6) is 0 Å². The van der Waals surface area contributed by atoms with Crippen LogP contribution in [0.2, 0.25) is 0 Å². The average Bonchev–Trinajstić information content (AvgIpc) is 3.16. The Kier molecular flexibility index (Phi) is 5.58. The zero-order valence-corrected chi connectivity index (χ0v) is 17.6. The zero-order chi connectivity index (χ0) is 20.4. The predicted molar refractivity (Wildman–Crippen MR) is 113 cm³/mol. The molecule has 4 rings (SSSR count). The third-order valence-electron chi connectivity index (χ3n) is 5.17. The lowest BCUT2D eigenvalue weighted by Gasteiger charge is -2.34. The Hall–Kier alpha value is -2.80. The molecule has 3 aromatic rings. The van der Waals surface area contributed by atoms with Crippen molar-refractivity contribution >= 4 is 5.82 Å². The van der Waals surface area contributed by atoms with Crippen LogP contribution < -0.4 is 4.90 Å². The fourth-order valence-electron chi connectivity index (χ4n) is 3.54. The number of rotatable bonds is 5. The van der Waals surface area contributed by atoms with Crippen molar-refractivity contribution in [2.75, 3.05) is 31.1 Å². The van der Waals surface area contributed by atoms with Gasteiger partial charge in [0.05, 0.1) is 6.54 Å². The van der Waals surface area contributed by atoms with Crippen LogP contribution in [0.1, 0.15) is 42.7 Å². The number of hydrogen-bond acceptors (Lipinski definition) is 7. The van der Waals surface area contributed by atoms with E-state index in [2.05, 4.69) is 63.9 Å². The van der Waals surface area contributed by atoms with Crippen LogP contribution in [0.3, 0.4) is 0 Å². The summed E-state index contributed by atoms with van der Waals surface area (Å²) in [6, 6.07) is 10.2. The Balaban J connectivity index is 1.37. The van der Waals surface area contributed by atoms with Gasteiger partial charge in [0, 0.05) is 49.4 Å². The Morgan fingerprint density at radius 2 is 1.79 bits per heavy atom. The quantitative estimate of drug-likeness (QED) is 0.657. The number of aryl methyl sites for hydroxylation is 2. The standard InChI is InChI=1S/C22H28N6O/c1-15(2)21-23-17(4)13-19(24-21)28-10-8-27(9-11-28)14-20-25-22(26-29-20)18-7-5-6-16(3)12-18/h5-7,12-13,15H,8-11,14H2,1-4H3. The molecule has 2 aromatic heterocycles. The maximum absolute atomic E-state index is 5.49. The van der Waals surface area contributed by atoms with Crippen molar-refractivity contribution in [3.8, 4) is 11.4 Å². The minimum absolute atomic E-state index is 0.329. The van der Waals surface area contributed by atoms with E-state index >= 15 is 0 Å². The minimum Gasteiger partial charge on any atom is -0.354 e. The zero-order valence-electron chi connectivity index (χ0n) is 17.6. The summed E-state index contributed by atoms with van der Waals surface area (Å²) in [6.07, 6.45) is 0. The van der Waals surface area contributed by atoms with Crippen LogP contribution in [0, 0.1) is 13.8 Å². The molecule has 0 unspecified atom stereocenters. The van der Waals surface area contributed by atoms with Gasteiger partial charge in [0.2, 0.25) is 11.7 Å². The second-order valence-electron chi connectivity index (χ2n) is 8.02. The van der Waals surface area contributed by atoms with Gasteiger partial charge < -0.3 is 9.42 Å². The molecule has 0 aliphatic carbocycles. The van der Waals surface area contributed by atoms with Gasteiger partial charge in [0.1, 0.15) is 11.6 Å². The summed E-state index contributed by atoms with van der Waals surface area (Å²) in [4.78, 5) is 18.6. The molecule has 0 atom stereocenters. The summed E-state index contributed by atoms with van der Waals surface area (Å²) in [5.41, 5.74) is 3.20. The molecule has 0 saturated carbocycles. The van der Waals surface area contributed by atoms with Gasteiger partial charge in [-0.2, -0.15) is 4.98 Å². The molecule has 1 saturated heterocycles. The van der Waals surface area contributed by atoms with Crippen molar-refractivity contribution in [3.63, 3.8) is 0 Å². The fraction of sp³-hybridized carbons (Fsp3) is 0.455. The molecule has 1 aromatic carbocycles. The third-order valence-corrected chi connectivity index (χ3v) is 5.17. The largest absolute Gasteiger partial charge is 0.354 e. The minimum atomic E-state index is 0.329. The van der Waals surface area contributed by atoms with Crippen LogP contribution >= 0.6 is 0 Å². The Bertz CT molecular complexity index is 975. The summed E-state index contributed by atoms with van der Waals surface area (Å²) in [5.74, 6) is 3.59. The van der Waals surface area contributed by atoms with E-state index in [4.69, 9.17) is 9.51 Å². The molecule has 0 bridgehead atoms. The van der Waals surface area contributed by atoms with E-state index in [-0.39, 0.29) is 0 Å². The van der Waals surface area contributed by atoms with Crippen molar-refractivity contribution in [2.45, 2.75) is 40.2 Å². The van der Waals surface area contributed by atoms with Gasteiger partial charge in [0.25, 0.3) is 0 Å². The number of benzene rings is 1. The molecule has 0 N–H and O–H groups in total. The molecule has 7 heteroatoms. The molecular formula is C22H28N6O. The van der Waals surface area contributed by atoms with E-state index in [0.29, 0.717) is 24.2 Å². The highest BCUT2D eigenvalue weighted by molar-refractivity contribution is 5.55. The number of nitrogens with zero attached hydrogens (tertiary/aromatic N) is 6. The summed E-state index contributed by atoms with van der Waals surface area (Å²) in [6.45, 7) is 12.7. The molecule has 0 amide bonds. The maximum atomic E-state index is 5.49. The fourth-order valence-corrected chi connectivity index (χ4v) is 3.54. The van der Waals surface area contributed by atoms with Crippen LogP contribution in [-0.2, 0) is 6.54 Å². The van der Waals surface area contributed by atoms with Crippen LogP contribution in [0.4, 0.5) is 5.82 Å². The number of hydrogen-bond donors (Lipinski definition) is 0. The van der Waals surface area contributed by atoms with Gasteiger partial charge in [-0.3, -0.25) is 4.90 Å². The van der Waals surface area contributed by atoms with Crippen molar-refractivity contribution in [1.29, 1.82) is 0 Å². The lowest BCUT2D eigenvalue weighted by molar-refractivity contribution is 0.215. The van der Waals surface area contributed by atoms with Crippen molar-refractivity contribution < 1.29 is 4.52 Å². The van der Waals surface area contributed by atoms with E-state index in [9.17, 15) is 0 Å². The second kappa shape index (κ2) is 8.29. The molecule has 1 fully saturated rings. The van der Waals surface area contributed by atoms with Crippen LogP contribution in [0.25, 0.3) is 11.4 Å². The van der Waals surface area contributed by atoms with Gasteiger partial charge >= 0.3 is 0 Å². The molecule has 1 aliphatic rings. The van der Waals surface area contributed by atoms with Gasteiger partial charge in [-0.1, -0.05) is 42.8 Å². The van der Waals surface area contributed by atoms with Gasteiger partial charge in [0.15, 0.2) is 0 Å². The highest BCUT2D eigenvalue weighted by Crippen LogP contribution is 2.20. The third kappa shape index (κ3) is 4.62. The molecule has 3 heterocycles. The van der Waals surface area contributed by atoms with Crippen molar-refractivity contribution in [3.05, 3.63) is 53.3 Å². The Morgan fingerprint density at radius 3 is 2.52 bits per heavy atom. The van der Waals surface area contributed by atoms with Crippen LogP contribution in [0.15, 0.2) is 34.9 Å². The first-order valence-corrected chi connectivity index (χ1v) is 10.2. The topological polar surface area (TPSA) is 71.2 Å². The lowest BCUT2D eigenvalue weighted by atomic mass is 10.1. The highest BCUT2D eigenvalue weighted by atomic mass is 16.5.